The van der Waals surface area contributed by atoms with Crippen LogP contribution >= 0.6 is 0 Å². The van der Waals surface area contributed by atoms with Crippen molar-refractivity contribution in [1.82, 2.24) is 5.32 Å². The molecule has 3 N–H and O–H groups in total. The lowest BCUT2D eigenvalue weighted by Crippen LogP contribution is -2.46. The zero-order valence-electron chi connectivity index (χ0n) is 40.4. The van der Waals surface area contributed by atoms with Gasteiger partial charge in [0.05, 0.1) is 25.2 Å². The lowest BCUT2D eigenvalue weighted by molar-refractivity contribution is -0.150. The van der Waals surface area contributed by atoms with Crippen LogP contribution in [0, 0.1) is 0 Å². The van der Waals surface area contributed by atoms with E-state index in [0.29, 0.717) is 25.7 Å². The zero-order valence-corrected chi connectivity index (χ0v) is 40.4. The van der Waals surface area contributed by atoms with E-state index in [1.165, 1.54) is 186 Å². The molecule has 3 unspecified atom stereocenters. The Hall–Kier alpha value is -1.66. The van der Waals surface area contributed by atoms with E-state index in [-0.39, 0.29) is 24.9 Å². The van der Waals surface area contributed by atoms with E-state index < -0.39 is 18.2 Å². The number of unbranched alkanes of at least 4 members (excludes halogenated alkanes) is 32. The standard InChI is InChI=1S/C54H103NO5/c1-4-7-10-13-16-19-22-24-25-26-27-29-31-33-36-39-42-45-50(60-54(59)47-44-41-38-35-32-28-23-20-17-14-11-8-5-2)48-53(58)55-51(49-56)52(57)46-43-40-37-34-30-21-18-15-12-9-6-3/h28,32,38,41,50-52,56-57H,4-27,29-31,33-37,39-40,42-49H2,1-3H3,(H,55,58)/b32-28-,41-38+. The first-order valence-corrected chi connectivity index (χ1v) is 26.6. The molecule has 0 saturated heterocycles. The predicted octanol–water partition coefficient (Wildman–Crippen LogP) is 15.9. The van der Waals surface area contributed by atoms with Crippen LogP contribution < -0.4 is 5.32 Å². The van der Waals surface area contributed by atoms with Crippen molar-refractivity contribution in [1.29, 1.82) is 0 Å². The summed E-state index contributed by atoms with van der Waals surface area (Å²) in [6.45, 7) is 6.48. The van der Waals surface area contributed by atoms with Crippen LogP contribution in [0.4, 0.5) is 0 Å². The third kappa shape index (κ3) is 43.0. The second kappa shape index (κ2) is 48.4. The van der Waals surface area contributed by atoms with Crippen LogP contribution in [0.15, 0.2) is 24.3 Å². The van der Waals surface area contributed by atoms with Crippen LogP contribution in [-0.4, -0.2) is 46.9 Å². The molecule has 6 nitrogen and oxygen atoms in total. The Balaban J connectivity index is 4.60. The molecule has 0 aliphatic heterocycles. The van der Waals surface area contributed by atoms with Gasteiger partial charge >= 0.3 is 5.97 Å². The number of nitrogens with one attached hydrogen (secondary N) is 1. The molecule has 3 atom stereocenters. The maximum Gasteiger partial charge on any atom is 0.306 e. The Morgan fingerprint density at radius 1 is 0.483 bits per heavy atom. The minimum atomic E-state index is -0.791. The highest BCUT2D eigenvalue weighted by Gasteiger charge is 2.24. The largest absolute Gasteiger partial charge is 0.462 e. The van der Waals surface area contributed by atoms with Gasteiger partial charge in [-0.3, -0.25) is 9.59 Å². The van der Waals surface area contributed by atoms with E-state index in [1.807, 2.05) is 0 Å². The zero-order chi connectivity index (χ0) is 43.8. The summed E-state index contributed by atoms with van der Waals surface area (Å²) in [6.07, 6.45) is 55.4. The van der Waals surface area contributed by atoms with Gasteiger partial charge in [0.1, 0.15) is 6.10 Å². The van der Waals surface area contributed by atoms with Crippen LogP contribution in [0.5, 0.6) is 0 Å². The summed E-state index contributed by atoms with van der Waals surface area (Å²) in [6, 6.07) is -0.706. The molecule has 0 fully saturated rings. The first-order valence-electron chi connectivity index (χ1n) is 26.6. The molecular weight excluding hydrogens is 743 g/mol. The molecule has 6 heteroatoms. The number of carbonyl (C=O) groups is 2. The molecule has 0 rings (SSSR count). The summed E-state index contributed by atoms with van der Waals surface area (Å²) in [4.78, 5) is 26.1. The van der Waals surface area contributed by atoms with Gasteiger partial charge in [0.15, 0.2) is 0 Å². The maximum absolute atomic E-state index is 13.2. The van der Waals surface area contributed by atoms with Gasteiger partial charge in [0.2, 0.25) is 5.91 Å². The minimum Gasteiger partial charge on any atom is -0.462 e. The van der Waals surface area contributed by atoms with Crippen LogP contribution in [-0.2, 0) is 14.3 Å². The van der Waals surface area contributed by atoms with E-state index in [2.05, 4.69) is 50.4 Å². The third-order valence-electron chi connectivity index (χ3n) is 12.3. The SMILES string of the molecule is CCCCCCCC/C=C\C/C=C/CCC(=O)OC(CCCCCCCCCCCCCCCCCCC)CC(=O)NC(CO)C(O)CCCCCCCCCCCCC. The Bertz CT molecular complexity index is 950. The molecule has 60 heavy (non-hydrogen) atoms. The number of aliphatic hydroxyl groups is 2. The molecule has 1 amide bonds. The number of ether oxygens (including phenoxy) is 1. The lowest BCUT2D eigenvalue weighted by atomic mass is 10.0. The summed E-state index contributed by atoms with van der Waals surface area (Å²) in [5.74, 6) is -0.539. The van der Waals surface area contributed by atoms with Crippen molar-refractivity contribution in [3.05, 3.63) is 24.3 Å². The summed E-state index contributed by atoms with van der Waals surface area (Å²) in [7, 11) is 0. The maximum atomic E-state index is 13.2. The Morgan fingerprint density at radius 2 is 0.850 bits per heavy atom. The fraction of sp³-hybridized carbons (Fsp3) is 0.889. The Labute approximate surface area is 373 Å². The molecule has 0 aliphatic rings. The van der Waals surface area contributed by atoms with Gasteiger partial charge in [0.25, 0.3) is 0 Å². The summed E-state index contributed by atoms with van der Waals surface area (Å²) >= 11 is 0. The smallest absolute Gasteiger partial charge is 0.306 e. The van der Waals surface area contributed by atoms with Gasteiger partial charge in [-0.1, -0.05) is 251 Å². The molecule has 0 aliphatic carbocycles. The number of amides is 1. The van der Waals surface area contributed by atoms with Crippen LogP contribution in [0.3, 0.4) is 0 Å². The number of carbonyl (C=O) groups excluding carboxylic acids is 2. The van der Waals surface area contributed by atoms with Crippen molar-refractivity contribution >= 4 is 11.9 Å². The minimum absolute atomic E-state index is 0.0610. The highest BCUT2D eigenvalue weighted by molar-refractivity contribution is 5.77. The van der Waals surface area contributed by atoms with E-state index in [4.69, 9.17) is 4.74 Å². The average Bonchev–Trinajstić information content (AvgIpc) is 3.24. The number of hydrogen-bond donors (Lipinski definition) is 3. The van der Waals surface area contributed by atoms with Gasteiger partial charge in [0, 0.05) is 6.42 Å². The summed E-state index contributed by atoms with van der Waals surface area (Å²) in [5, 5.41) is 23.7. The van der Waals surface area contributed by atoms with Crippen molar-refractivity contribution < 1.29 is 24.5 Å². The molecular formula is C54H103NO5. The number of hydrogen-bond acceptors (Lipinski definition) is 5. The summed E-state index contributed by atoms with van der Waals surface area (Å²) in [5.41, 5.74) is 0. The fourth-order valence-corrected chi connectivity index (χ4v) is 8.25. The van der Waals surface area contributed by atoms with Crippen molar-refractivity contribution in [2.75, 3.05) is 6.61 Å². The van der Waals surface area contributed by atoms with E-state index >= 15 is 0 Å². The summed E-state index contributed by atoms with van der Waals surface area (Å²) < 4.78 is 5.90. The van der Waals surface area contributed by atoms with Gasteiger partial charge in [-0.05, 0) is 44.9 Å². The predicted molar refractivity (Wildman–Crippen MR) is 260 cm³/mol. The van der Waals surface area contributed by atoms with E-state index in [9.17, 15) is 19.8 Å². The molecule has 0 saturated carbocycles. The lowest BCUT2D eigenvalue weighted by Gasteiger charge is -2.24. The van der Waals surface area contributed by atoms with Crippen LogP contribution in [0.2, 0.25) is 0 Å². The highest BCUT2D eigenvalue weighted by Crippen LogP contribution is 2.18. The van der Waals surface area contributed by atoms with Crippen molar-refractivity contribution in [2.45, 2.75) is 302 Å². The number of aliphatic hydroxyl groups excluding tert-OH is 2. The Morgan fingerprint density at radius 3 is 1.27 bits per heavy atom. The van der Waals surface area contributed by atoms with Gasteiger partial charge in [-0.25, -0.2) is 0 Å². The van der Waals surface area contributed by atoms with Crippen molar-refractivity contribution in [3.8, 4) is 0 Å². The van der Waals surface area contributed by atoms with Crippen molar-refractivity contribution in [2.24, 2.45) is 0 Å². The molecule has 0 aromatic heterocycles. The molecule has 0 aromatic rings. The quantitative estimate of drug-likeness (QED) is 0.0322. The molecule has 0 aromatic carbocycles. The Kier molecular flexibility index (Phi) is 47.0. The highest BCUT2D eigenvalue weighted by atomic mass is 16.5. The average molecular weight is 846 g/mol. The van der Waals surface area contributed by atoms with Crippen LogP contribution in [0.25, 0.3) is 0 Å². The van der Waals surface area contributed by atoms with Gasteiger partial charge in [-0.15, -0.1) is 0 Å². The monoisotopic (exact) mass is 846 g/mol. The molecule has 0 heterocycles. The topological polar surface area (TPSA) is 95.9 Å². The second-order valence-electron chi connectivity index (χ2n) is 18.3. The second-order valence-corrected chi connectivity index (χ2v) is 18.3. The molecule has 0 bridgehead atoms. The molecule has 354 valence electrons. The molecule has 0 spiro atoms. The number of allylic oxidation sites excluding steroid dienone is 4. The van der Waals surface area contributed by atoms with Gasteiger partial charge in [-0.2, -0.15) is 0 Å². The third-order valence-corrected chi connectivity index (χ3v) is 12.3. The fourth-order valence-electron chi connectivity index (χ4n) is 8.25. The molecule has 0 radical (unpaired) electrons. The first kappa shape index (κ1) is 58.3. The normalized spacial score (nSPS) is 13.3. The first-order chi connectivity index (χ1) is 29.5. The van der Waals surface area contributed by atoms with Gasteiger partial charge < -0.3 is 20.3 Å². The van der Waals surface area contributed by atoms with Crippen LogP contribution in [0.1, 0.15) is 284 Å². The number of rotatable bonds is 48. The number of esters is 1. The van der Waals surface area contributed by atoms with E-state index in [0.717, 1.165) is 44.9 Å². The van der Waals surface area contributed by atoms with E-state index in [1.54, 1.807) is 0 Å². The van der Waals surface area contributed by atoms with Crippen molar-refractivity contribution in [3.63, 3.8) is 0 Å².